The molecule has 2 N–H and O–H groups in total. The molecule has 0 saturated carbocycles. The van der Waals surface area contributed by atoms with Crippen molar-refractivity contribution in [3.05, 3.63) is 44.6 Å². The summed E-state index contributed by atoms with van der Waals surface area (Å²) in [6.07, 6.45) is 0. The normalized spacial score (nSPS) is 10.9. The highest BCUT2D eigenvalue weighted by atomic mass is 79.9. The van der Waals surface area contributed by atoms with Crippen molar-refractivity contribution in [2.45, 2.75) is 20.4 Å². The molecule has 0 aliphatic carbocycles. The van der Waals surface area contributed by atoms with Gasteiger partial charge in [0.05, 0.1) is 22.1 Å². The van der Waals surface area contributed by atoms with E-state index in [4.69, 9.17) is 17.3 Å². The van der Waals surface area contributed by atoms with Crippen LogP contribution in [-0.4, -0.2) is 9.78 Å². The van der Waals surface area contributed by atoms with Crippen molar-refractivity contribution >= 4 is 27.5 Å². The summed E-state index contributed by atoms with van der Waals surface area (Å²) in [6.45, 7) is 4.31. The highest BCUT2D eigenvalue weighted by Crippen LogP contribution is 2.25. The third kappa shape index (κ3) is 2.25. The van der Waals surface area contributed by atoms with E-state index in [1.165, 1.54) is 0 Å². The molecule has 3 nitrogen and oxygen atoms in total. The number of aromatic nitrogens is 2. The zero-order chi connectivity index (χ0) is 12.6. The second-order valence-corrected chi connectivity index (χ2v) is 5.17. The van der Waals surface area contributed by atoms with Crippen LogP contribution in [0.25, 0.3) is 5.69 Å². The number of benzene rings is 1. The summed E-state index contributed by atoms with van der Waals surface area (Å²) < 4.78 is 2.85. The molecule has 0 amide bonds. The van der Waals surface area contributed by atoms with Gasteiger partial charge in [-0.2, -0.15) is 5.10 Å². The zero-order valence-corrected chi connectivity index (χ0v) is 12.0. The van der Waals surface area contributed by atoms with Crippen LogP contribution in [0.5, 0.6) is 0 Å². The van der Waals surface area contributed by atoms with Crippen LogP contribution < -0.4 is 5.73 Å². The molecule has 0 radical (unpaired) electrons. The zero-order valence-electron chi connectivity index (χ0n) is 9.67. The van der Waals surface area contributed by atoms with Crippen LogP contribution in [0.15, 0.2) is 22.7 Å². The van der Waals surface area contributed by atoms with E-state index in [1.807, 2.05) is 36.7 Å². The first-order chi connectivity index (χ1) is 8.04. The Kier molecular flexibility index (Phi) is 3.56. The Morgan fingerprint density at radius 3 is 2.65 bits per heavy atom. The summed E-state index contributed by atoms with van der Waals surface area (Å²) >= 11 is 9.59. The van der Waals surface area contributed by atoms with Gasteiger partial charge in [0, 0.05) is 11.0 Å². The van der Waals surface area contributed by atoms with Crippen molar-refractivity contribution in [2.24, 2.45) is 5.73 Å². The van der Waals surface area contributed by atoms with Crippen LogP contribution in [0.2, 0.25) is 5.02 Å². The van der Waals surface area contributed by atoms with Gasteiger partial charge in [-0.3, -0.25) is 0 Å². The third-order valence-corrected chi connectivity index (χ3v) is 3.73. The molecule has 0 fully saturated rings. The number of halogens is 2. The highest BCUT2D eigenvalue weighted by molar-refractivity contribution is 9.10. The fourth-order valence-corrected chi connectivity index (χ4v) is 2.31. The summed E-state index contributed by atoms with van der Waals surface area (Å²) in [6, 6.07) is 5.96. The summed E-state index contributed by atoms with van der Waals surface area (Å²) in [5.74, 6) is 0. The molecular formula is C12H13BrClN3. The monoisotopic (exact) mass is 313 g/mol. The number of aryl methyl sites for hydroxylation is 1. The van der Waals surface area contributed by atoms with Crippen molar-refractivity contribution in [1.82, 2.24) is 9.78 Å². The summed E-state index contributed by atoms with van der Waals surface area (Å²) in [5.41, 5.74) is 9.52. The Morgan fingerprint density at radius 1 is 1.41 bits per heavy atom. The Balaban J connectivity index is 2.64. The van der Waals surface area contributed by atoms with Crippen molar-refractivity contribution in [3.8, 4) is 5.69 Å². The number of hydrogen-bond donors (Lipinski definition) is 1. The summed E-state index contributed by atoms with van der Waals surface area (Å²) in [7, 11) is 0. The maximum absolute atomic E-state index is 6.15. The molecule has 0 spiro atoms. The van der Waals surface area contributed by atoms with Crippen LogP contribution in [-0.2, 0) is 6.54 Å². The van der Waals surface area contributed by atoms with Crippen molar-refractivity contribution in [2.75, 3.05) is 0 Å². The number of hydrogen-bond acceptors (Lipinski definition) is 2. The SMILES string of the molecule is Cc1nn(-c2ccc(Br)cc2CN)c(C)c1Cl. The molecule has 1 aromatic heterocycles. The molecular weight excluding hydrogens is 302 g/mol. The van der Waals surface area contributed by atoms with Crippen LogP contribution in [0, 0.1) is 13.8 Å². The quantitative estimate of drug-likeness (QED) is 0.923. The molecule has 0 aliphatic heterocycles. The third-order valence-electron chi connectivity index (χ3n) is 2.69. The molecule has 1 aromatic carbocycles. The van der Waals surface area contributed by atoms with Gasteiger partial charge in [0.25, 0.3) is 0 Å². The Bertz CT molecular complexity index is 563. The topological polar surface area (TPSA) is 43.8 Å². The van der Waals surface area contributed by atoms with Crippen molar-refractivity contribution in [3.63, 3.8) is 0 Å². The fourth-order valence-electron chi connectivity index (χ4n) is 1.78. The van der Waals surface area contributed by atoms with Crippen LogP contribution in [0.3, 0.4) is 0 Å². The molecule has 90 valence electrons. The first-order valence-corrected chi connectivity index (χ1v) is 6.42. The smallest absolute Gasteiger partial charge is 0.0848 e. The summed E-state index contributed by atoms with van der Waals surface area (Å²) in [4.78, 5) is 0. The lowest BCUT2D eigenvalue weighted by Crippen LogP contribution is -2.07. The minimum Gasteiger partial charge on any atom is -0.326 e. The van der Waals surface area contributed by atoms with Crippen LogP contribution >= 0.6 is 27.5 Å². The van der Waals surface area contributed by atoms with Crippen LogP contribution in [0.1, 0.15) is 17.0 Å². The maximum Gasteiger partial charge on any atom is 0.0848 e. The highest BCUT2D eigenvalue weighted by Gasteiger charge is 2.13. The molecule has 5 heteroatoms. The standard InChI is InChI=1S/C12H13BrClN3/c1-7-12(14)8(2)17(16-7)11-4-3-10(13)5-9(11)6-15/h3-5H,6,15H2,1-2H3. The molecule has 2 rings (SSSR count). The van der Waals surface area contributed by atoms with Gasteiger partial charge in [0.15, 0.2) is 0 Å². The van der Waals surface area contributed by atoms with Crippen molar-refractivity contribution < 1.29 is 0 Å². The van der Waals surface area contributed by atoms with Gasteiger partial charge in [0.1, 0.15) is 0 Å². The lowest BCUT2D eigenvalue weighted by Gasteiger charge is -2.10. The molecule has 2 aromatic rings. The fraction of sp³-hybridized carbons (Fsp3) is 0.250. The van der Waals surface area contributed by atoms with E-state index in [0.717, 1.165) is 27.1 Å². The molecule has 0 atom stereocenters. The number of rotatable bonds is 2. The largest absolute Gasteiger partial charge is 0.326 e. The van der Waals surface area contributed by atoms with Gasteiger partial charge in [-0.25, -0.2) is 4.68 Å². The molecule has 17 heavy (non-hydrogen) atoms. The van der Waals surface area contributed by atoms with Crippen molar-refractivity contribution in [1.29, 1.82) is 0 Å². The molecule has 0 unspecified atom stereocenters. The second-order valence-electron chi connectivity index (χ2n) is 3.87. The van der Waals surface area contributed by atoms with E-state index in [1.54, 1.807) is 0 Å². The number of nitrogens with two attached hydrogens (primary N) is 1. The average molecular weight is 315 g/mol. The first kappa shape index (κ1) is 12.6. The number of nitrogens with zero attached hydrogens (tertiary/aromatic N) is 2. The second kappa shape index (κ2) is 4.80. The molecule has 0 bridgehead atoms. The lowest BCUT2D eigenvalue weighted by molar-refractivity contribution is 0.817. The maximum atomic E-state index is 6.15. The predicted molar refractivity (Wildman–Crippen MR) is 73.6 cm³/mol. The van der Waals surface area contributed by atoms with E-state index in [9.17, 15) is 0 Å². The van der Waals surface area contributed by atoms with Crippen LogP contribution in [0.4, 0.5) is 0 Å². The van der Waals surface area contributed by atoms with E-state index in [0.29, 0.717) is 11.6 Å². The van der Waals surface area contributed by atoms with Gasteiger partial charge in [-0.15, -0.1) is 0 Å². The average Bonchev–Trinajstić information content (AvgIpc) is 2.57. The Labute approximate surface area is 114 Å². The van der Waals surface area contributed by atoms with Gasteiger partial charge in [-0.1, -0.05) is 27.5 Å². The Morgan fingerprint density at radius 2 is 2.12 bits per heavy atom. The van der Waals surface area contributed by atoms with E-state index in [-0.39, 0.29) is 0 Å². The van der Waals surface area contributed by atoms with Gasteiger partial charge in [-0.05, 0) is 37.6 Å². The molecule has 0 saturated heterocycles. The van der Waals surface area contributed by atoms with E-state index in [2.05, 4.69) is 21.0 Å². The minimum absolute atomic E-state index is 0.463. The van der Waals surface area contributed by atoms with E-state index >= 15 is 0 Å². The lowest BCUT2D eigenvalue weighted by atomic mass is 10.2. The van der Waals surface area contributed by atoms with E-state index < -0.39 is 0 Å². The Hall–Kier alpha value is -0.840. The first-order valence-electron chi connectivity index (χ1n) is 5.25. The molecule has 1 heterocycles. The predicted octanol–water partition coefficient (Wildman–Crippen LogP) is 3.36. The summed E-state index contributed by atoms with van der Waals surface area (Å²) in [5, 5.41) is 5.14. The van der Waals surface area contributed by atoms with Gasteiger partial charge < -0.3 is 5.73 Å². The van der Waals surface area contributed by atoms with Gasteiger partial charge in [0.2, 0.25) is 0 Å². The minimum atomic E-state index is 0.463. The molecule has 0 aliphatic rings. The van der Waals surface area contributed by atoms with Gasteiger partial charge >= 0.3 is 0 Å².